The molecule has 3 N–H and O–H groups in total. The van der Waals surface area contributed by atoms with Crippen LogP contribution in [0.3, 0.4) is 0 Å². The number of carbonyl (C=O) groups excluding carboxylic acids is 1. The first kappa shape index (κ1) is 20.1. The van der Waals surface area contributed by atoms with E-state index < -0.39 is 0 Å². The monoisotopic (exact) mass is 396 g/mol. The Bertz CT molecular complexity index is 786. The summed E-state index contributed by atoms with van der Waals surface area (Å²) in [6.45, 7) is 0.489. The normalized spacial score (nSPS) is 11.9. The molecule has 6 heteroatoms. The smallest absolute Gasteiger partial charge is 0.315 e. The lowest BCUT2D eigenvalue weighted by Crippen LogP contribution is -2.40. The lowest BCUT2D eigenvalue weighted by Gasteiger charge is -2.22. The van der Waals surface area contributed by atoms with Gasteiger partial charge in [0.1, 0.15) is 6.10 Å². The van der Waals surface area contributed by atoms with Gasteiger partial charge in [0.05, 0.1) is 25.8 Å². The van der Waals surface area contributed by atoms with Gasteiger partial charge in [0.25, 0.3) is 0 Å². The van der Waals surface area contributed by atoms with Gasteiger partial charge in [0.2, 0.25) is 0 Å². The molecule has 146 valence electrons. The van der Waals surface area contributed by atoms with Crippen molar-refractivity contribution < 1.29 is 14.6 Å². The summed E-state index contributed by atoms with van der Waals surface area (Å²) >= 11 is 1.56. The number of aliphatic hydroxyl groups is 1. The first-order valence-corrected chi connectivity index (χ1v) is 10.1. The fraction of sp³-hybridized carbons (Fsp3) is 0.227. The molecular formula is C22H24N2O3S. The summed E-state index contributed by atoms with van der Waals surface area (Å²) in [7, 11) is 0. The number of aliphatic hydroxyl groups excluding tert-OH is 1. The van der Waals surface area contributed by atoms with Gasteiger partial charge in [0, 0.05) is 4.88 Å². The van der Waals surface area contributed by atoms with Crippen molar-refractivity contribution in [2.24, 2.45) is 0 Å². The van der Waals surface area contributed by atoms with Crippen LogP contribution in [-0.2, 0) is 4.74 Å². The van der Waals surface area contributed by atoms with E-state index in [0.29, 0.717) is 6.54 Å². The van der Waals surface area contributed by atoms with E-state index in [2.05, 4.69) is 10.6 Å². The number of hydrogen-bond acceptors (Lipinski definition) is 4. The molecule has 1 aromatic heterocycles. The maximum Gasteiger partial charge on any atom is 0.315 e. The summed E-state index contributed by atoms with van der Waals surface area (Å²) in [5, 5.41) is 17.0. The zero-order valence-electron chi connectivity index (χ0n) is 15.5. The molecule has 1 heterocycles. The number of thiophene rings is 1. The summed E-state index contributed by atoms with van der Waals surface area (Å²) in [5.74, 6) is 0. The second-order valence-electron chi connectivity index (χ2n) is 6.21. The number of ether oxygens (including phenoxy) is 1. The minimum atomic E-state index is -0.287. The van der Waals surface area contributed by atoms with Crippen molar-refractivity contribution in [2.75, 3.05) is 19.8 Å². The summed E-state index contributed by atoms with van der Waals surface area (Å²) in [5.41, 5.74) is 2.02. The van der Waals surface area contributed by atoms with Gasteiger partial charge in [-0.15, -0.1) is 11.3 Å². The first-order chi connectivity index (χ1) is 13.8. The maximum absolute atomic E-state index is 12.6. The van der Waals surface area contributed by atoms with Crippen molar-refractivity contribution in [1.29, 1.82) is 0 Å². The number of rotatable bonds is 9. The Kier molecular flexibility index (Phi) is 7.61. The molecule has 0 aliphatic carbocycles. The van der Waals surface area contributed by atoms with E-state index in [1.165, 1.54) is 0 Å². The van der Waals surface area contributed by atoms with Crippen LogP contribution >= 0.6 is 11.3 Å². The first-order valence-electron chi connectivity index (χ1n) is 9.18. The second-order valence-corrected chi connectivity index (χ2v) is 7.19. The molecule has 0 unspecified atom stereocenters. The molecule has 0 aliphatic rings. The summed E-state index contributed by atoms with van der Waals surface area (Å²) < 4.78 is 5.68. The highest BCUT2D eigenvalue weighted by atomic mass is 32.1. The summed E-state index contributed by atoms with van der Waals surface area (Å²) in [6.07, 6.45) is -0.287. The van der Waals surface area contributed by atoms with Crippen molar-refractivity contribution in [2.45, 2.75) is 12.1 Å². The Morgan fingerprint density at radius 1 is 0.964 bits per heavy atom. The molecule has 2 aromatic carbocycles. The van der Waals surface area contributed by atoms with Crippen LogP contribution in [0.2, 0.25) is 0 Å². The average Bonchev–Trinajstić information content (AvgIpc) is 3.28. The molecule has 0 saturated heterocycles. The highest BCUT2D eigenvalue weighted by molar-refractivity contribution is 7.10. The number of carbonyl (C=O) groups is 1. The predicted molar refractivity (Wildman–Crippen MR) is 111 cm³/mol. The SMILES string of the molecule is O=C(NC[C@@H](OCCO)c1cccs1)NC(c1ccccc1)c1ccccc1. The maximum atomic E-state index is 12.6. The van der Waals surface area contributed by atoms with E-state index in [0.717, 1.165) is 16.0 Å². The molecular weight excluding hydrogens is 372 g/mol. The zero-order valence-corrected chi connectivity index (χ0v) is 16.3. The van der Waals surface area contributed by atoms with Gasteiger partial charge in [-0.05, 0) is 22.6 Å². The van der Waals surface area contributed by atoms with Crippen LogP contribution in [0.25, 0.3) is 0 Å². The minimum absolute atomic E-state index is 0.0574. The third-order valence-electron chi connectivity index (χ3n) is 4.26. The fourth-order valence-corrected chi connectivity index (χ4v) is 3.70. The number of amides is 2. The molecule has 3 aromatic rings. The number of hydrogen-bond donors (Lipinski definition) is 3. The number of nitrogens with one attached hydrogen (secondary N) is 2. The molecule has 0 bridgehead atoms. The van der Waals surface area contributed by atoms with Gasteiger partial charge in [-0.3, -0.25) is 0 Å². The molecule has 2 amide bonds. The van der Waals surface area contributed by atoms with E-state index in [-0.39, 0.29) is 31.4 Å². The molecule has 3 rings (SSSR count). The van der Waals surface area contributed by atoms with Crippen LogP contribution < -0.4 is 10.6 Å². The van der Waals surface area contributed by atoms with Crippen LogP contribution in [0.15, 0.2) is 78.2 Å². The van der Waals surface area contributed by atoms with E-state index >= 15 is 0 Å². The Labute approximate surface area is 169 Å². The van der Waals surface area contributed by atoms with Crippen molar-refractivity contribution in [3.8, 4) is 0 Å². The largest absolute Gasteiger partial charge is 0.394 e. The Morgan fingerprint density at radius 3 is 2.14 bits per heavy atom. The van der Waals surface area contributed by atoms with Crippen LogP contribution in [0.5, 0.6) is 0 Å². The number of urea groups is 1. The van der Waals surface area contributed by atoms with E-state index in [1.807, 2.05) is 78.2 Å². The quantitative estimate of drug-likeness (QED) is 0.514. The molecule has 5 nitrogen and oxygen atoms in total. The van der Waals surface area contributed by atoms with Gasteiger partial charge < -0.3 is 20.5 Å². The van der Waals surface area contributed by atoms with E-state index in [9.17, 15) is 4.79 Å². The Morgan fingerprint density at radius 2 is 1.61 bits per heavy atom. The molecule has 0 fully saturated rings. The second kappa shape index (κ2) is 10.6. The van der Waals surface area contributed by atoms with Crippen molar-refractivity contribution in [3.63, 3.8) is 0 Å². The fourth-order valence-electron chi connectivity index (χ4n) is 2.93. The molecule has 0 aliphatic heterocycles. The lowest BCUT2D eigenvalue weighted by molar-refractivity contribution is 0.0313. The van der Waals surface area contributed by atoms with Gasteiger partial charge >= 0.3 is 6.03 Å². The Hall–Kier alpha value is -2.67. The lowest BCUT2D eigenvalue weighted by atomic mass is 9.99. The molecule has 1 atom stereocenters. The number of benzene rings is 2. The third-order valence-corrected chi connectivity index (χ3v) is 5.22. The predicted octanol–water partition coefficient (Wildman–Crippen LogP) is 3.89. The van der Waals surface area contributed by atoms with Gasteiger partial charge in [0.15, 0.2) is 0 Å². The zero-order chi connectivity index (χ0) is 19.6. The molecule has 28 heavy (non-hydrogen) atoms. The topological polar surface area (TPSA) is 70.6 Å². The average molecular weight is 397 g/mol. The molecule has 0 saturated carbocycles. The molecule has 0 spiro atoms. The summed E-state index contributed by atoms with van der Waals surface area (Å²) in [6, 6.07) is 23.1. The standard InChI is InChI=1S/C22H24N2O3S/c25-13-14-27-19(20-12-7-15-28-20)16-23-22(26)24-21(17-8-3-1-4-9-17)18-10-5-2-6-11-18/h1-12,15,19,21,25H,13-14,16H2,(H2,23,24,26)/t19-/m1/s1. The van der Waals surface area contributed by atoms with Crippen molar-refractivity contribution in [1.82, 2.24) is 10.6 Å². The van der Waals surface area contributed by atoms with Crippen LogP contribution in [0, 0.1) is 0 Å². The van der Waals surface area contributed by atoms with Gasteiger partial charge in [-0.2, -0.15) is 0 Å². The third kappa shape index (κ3) is 5.66. The van der Waals surface area contributed by atoms with Crippen LogP contribution in [0.4, 0.5) is 4.79 Å². The highest BCUT2D eigenvalue weighted by Gasteiger charge is 2.18. The van der Waals surface area contributed by atoms with Crippen LogP contribution in [-0.4, -0.2) is 30.9 Å². The van der Waals surface area contributed by atoms with E-state index in [4.69, 9.17) is 9.84 Å². The van der Waals surface area contributed by atoms with Crippen molar-refractivity contribution in [3.05, 3.63) is 94.2 Å². The van der Waals surface area contributed by atoms with Gasteiger partial charge in [-0.25, -0.2) is 4.79 Å². The Balaban J connectivity index is 1.66. The van der Waals surface area contributed by atoms with Crippen molar-refractivity contribution >= 4 is 17.4 Å². The summed E-state index contributed by atoms with van der Waals surface area (Å²) in [4.78, 5) is 13.6. The van der Waals surface area contributed by atoms with Crippen LogP contribution in [0.1, 0.15) is 28.1 Å². The molecule has 0 radical (unpaired) electrons. The van der Waals surface area contributed by atoms with Gasteiger partial charge in [-0.1, -0.05) is 66.7 Å². The minimum Gasteiger partial charge on any atom is -0.394 e. The van der Waals surface area contributed by atoms with E-state index in [1.54, 1.807) is 11.3 Å². The highest BCUT2D eigenvalue weighted by Crippen LogP contribution is 2.23.